The minimum absolute atomic E-state index is 0.957. The summed E-state index contributed by atoms with van der Waals surface area (Å²) in [5, 5.41) is 0. The van der Waals surface area contributed by atoms with Crippen LogP contribution in [0.5, 0.6) is 0 Å². The van der Waals surface area contributed by atoms with Gasteiger partial charge in [0, 0.05) is 0 Å². The average Bonchev–Trinajstić information content (AvgIpc) is 2.99. The maximum Gasteiger partial charge on any atom is -0.0383 e. The first kappa shape index (κ1) is 14.4. The van der Waals surface area contributed by atoms with Gasteiger partial charge in [-0.3, -0.25) is 0 Å². The largest absolute Gasteiger partial charge is 0.0651 e. The standard InChI is InChI=1S/C18H34/c1-3-15(2)9-7-5-4-6-8-10-17-13-16-11-12-18(17)14-16/h15-18H,3-14H2,1-2H3. The van der Waals surface area contributed by atoms with Gasteiger partial charge in [0.25, 0.3) is 0 Å². The number of hydrogen-bond acceptors (Lipinski definition) is 0. The third-order valence-electron chi connectivity index (χ3n) is 5.85. The van der Waals surface area contributed by atoms with Gasteiger partial charge in [-0.2, -0.15) is 0 Å². The molecule has 2 aliphatic rings. The van der Waals surface area contributed by atoms with Crippen molar-refractivity contribution in [3.63, 3.8) is 0 Å². The molecule has 0 saturated heterocycles. The van der Waals surface area contributed by atoms with E-state index in [1.807, 2.05) is 0 Å². The normalized spacial score (nSPS) is 32.0. The highest BCUT2D eigenvalue weighted by Crippen LogP contribution is 2.49. The van der Waals surface area contributed by atoms with E-state index in [-0.39, 0.29) is 0 Å². The summed E-state index contributed by atoms with van der Waals surface area (Å²) in [4.78, 5) is 0. The topological polar surface area (TPSA) is 0 Å². The minimum atomic E-state index is 0.957. The van der Waals surface area contributed by atoms with Crippen molar-refractivity contribution in [2.45, 2.75) is 90.9 Å². The Morgan fingerprint density at radius 2 is 1.72 bits per heavy atom. The van der Waals surface area contributed by atoms with Crippen LogP contribution in [0.25, 0.3) is 0 Å². The molecule has 2 saturated carbocycles. The van der Waals surface area contributed by atoms with Gasteiger partial charge in [0.15, 0.2) is 0 Å². The van der Waals surface area contributed by atoms with Crippen LogP contribution in [0.2, 0.25) is 0 Å². The molecule has 0 nitrogen and oxygen atoms in total. The summed E-state index contributed by atoms with van der Waals surface area (Å²) in [6.07, 6.45) is 18.2. The van der Waals surface area contributed by atoms with Crippen LogP contribution in [0.15, 0.2) is 0 Å². The van der Waals surface area contributed by atoms with Gasteiger partial charge < -0.3 is 0 Å². The van der Waals surface area contributed by atoms with E-state index < -0.39 is 0 Å². The van der Waals surface area contributed by atoms with Crippen LogP contribution in [-0.4, -0.2) is 0 Å². The second-order valence-corrected chi connectivity index (χ2v) is 7.29. The smallest absolute Gasteiger partial charge is 0.0383 e. The highest BCUT2D eigenvalue weighted by molar-refractivity contribution is 4.89. The first-order valence-corrected chi connectivity index (χ1v) is 8.79. The summed E-state index contributed by atoms with van der Waals surface area (Å²) in [5.41, 5.74) is 0. The Balaban J connectivity index is 1.40. The maximum atomic E-state index is 2.40. The molecule has 2 rings (SSSR count). The minimum Gasteiger partial charge on any atom is -0.0651 e. The van der Waals surface area contributed by atoms with Crippen molar-refractivity contribution in [1.29, 1.82) is 0 Å². The third kappa shape index (κ3) is 4.28. The fraction of sp³-hybridized carbons (Fsp3) is 1.00. The van der Waals surface area contributed by atoms with Crippen LogP contribution >= 0.6 is 0 Å². The number of hydrogen-bond donors (Lipinski definition) is 0. The van der Waals surface area contributed by atoms with Gasteiger partial charge in [0.05, 0.1) is 0 Å². The van der Waals surface area contributed by atoms with Gasteiger partial charge in [-0.25, -0.2) is 0 Å². The van der Waals surface area contributed by atoms with E-state index in [4.69, 9.17) is 0 Å². The number of fused-ring (bicyclic) bond motifs is 2. The lowest BCUT2D eigenvalue weighted by molar-refractivity contribution is 0.304. The molecule has 18 heavy (non-hydrogen) atoms. The Labute approximate surface area is 115 Å². The van der Waals surface area contributed by atoms with Crippen molar-refractivity contribution in [3.05, 3.63) is 0 Å². The van der Waals surface area contributed by atoms with E-state index in [1.54, 1.807) is 32.1 Å². The lowest BCUT2D eigenvalue weighted by Gasteiger charge is -2.21. The van der Waals surface area contributed by atoms with Gasteiger partial charge in [-0.05, 0) is 42.9 Å². The zero-order valence-corrected chi connectivity index (χ0v) is 12.8. The van der Waals surface area contributed by atoms with Crippen molar-refractivity contribution in [2.75, 3.05) is 0 Å². The van der Waals surface area contributed by atoms with Crippen LogP contribution in [0.1, 0.15) is 90.9 Å². The van der Waals surface area contributed by atoms with E-state index in [0.29, 0.717) is 0 Å². The predicted octanol–water partition coefficient (Wildman–Crippen LogP) is 6.20. The maximum absolute atomic E-state index is 2.40. The highest BCUT2D eigenvalue weighted by atomic mass is 14.4. The summed E-state index contributed by atoms with van der Waals surface area (Å²) >= 11 is 0. The molecular weight excluding hydrogens is 216 g/mol. The summed E-state index contributed by atoms with van der Waals surface area (Å²) in [6, 6.07) is 0. The number of rotatable bonds is 9. The van der Waals surface area contributed by atoms with E-state index in [1.165, 1.54) is 44.9 Å². The van der Waals surface area contributed by atoms with Gasteiger partial charge in [0.2, 0.25) is 0 Å². The molecule has 0 aromatic heterocycles. The fourth-order valence-electron chi connectivity index (χ4n) is 4.36. The zero-order chi connectivity index (χ0) is 12.8. The molecule has 0 N–H and O–H groups in total. The first-order chi connectivity index (χ1) is 8.79. The van der Waals surface area contributed by atoms with E-state index in [2.05, 4.69) is 13.8 Å². The van der Waals surface area contributed by atoms with Crippen molar-refractivity contribution >= 4 is 0 Å². The Hall–Kier alpha value is 0. The fourth-order valence-corrected chi connectivity index (χ4v) is 4.36. The van der Waals surface area contributed by atoms with Gasteiger partial charge >= 0.3 is 0 Å². The third-order valence-corrected chi connectivity index (χ3v) is 5.85. The first-order valence-electron chi connectivity index (χ1n) is 8.79. The van der Waals surface area contributed by atoms with Gasteiger partial charge in [0.1, 0.15) is 0 Å². The quantitative estimate of drug-likeness (QED) is 0.427. The van der Waals surface area contributed by atoms with E-state index >= 15 is 0 Å². The second-order valence-electron chi connectivity index (χ2n) is 7.29. The molecule has 4 unspecified atom stereocenters. The Morgan fingerprint density at radius 1 is 0.944 bits per heavy atom. The van der Waals surface area contributed by atoms with Crippen LogP contribution in [0.3, 0.4) is 0 Å². The number of unbranched alkanes of at least 4 members (excludes halogenated alkanes) is 4. The molecular formula is C18H34. The van der Waals surface area contributed by atoms with E-state index in [0.717, 1.165) is 23.7 Å². The van der Waals surface area contributed by atoms with E-state index in [9.17, 15) is 0 Å². The molecule has 0 amide bonds. The molecule has 2 bridgehead atoms. The zero-order valence-electron chi connectivity index (χ0n) is 12.8. The SMILES string of the molecule is CCC(C)CCCCCCCC1CC2CCC1C2. The molecule has 0 heterocycles. The second kappa shape index (κ2) is 7.56. The average molecular weight is 250 g/mol. The van der Waals surface area contributed by atoms with Crippen LogP contribution in [-0.2, 0) is 0 Å². The van der Waals surface area contributed by atoms with Gasteiger partial charge in [-0.1, -0.05) is 71.6 Å². The van der Waals surface area contributed by atoms with Crippen LogP contribution < -0.4 is 0 Å². The molecule has 0 radical (unpaired) electrons. The Kier molecular flexibility index (Phi) is 6.05. The summed E-state index contributed by atoms with van der Waals surface area (Å²) in [6.45, 7) is 4.72. The monoisotopic (exact) mass is 250 g/mol. The highest BCUT2D eigenvalue weighted by Gasteiger charge is 2.38. The lowest BCUT2D eigenvalue weighted by atomic mass is 9.85. The molecule has 2 fully saturated rings. The Bertz CT molecular complexity index is 220. The molecule has 0 aromatic carbocycles. The molecule has 0 spiro atoms. The van der Waals surface area contributed by atoms with Crippen molar-refractivity contribution in [3.8, 4) is 0 Å². The Morgan fingerprint density at radius 3 is 2.39 bits per heavy atom. The molecule has 4 atom stereocenters. The van der Waals surface area contributed by atoms with Crippen molar-refractivity contribution < 1.29 is 0 Å². The van der Waals surface area contributed by atoms with Gasteiger partial charge in [-0.15, -0.1) is 0 Å². The molecule has 0 heteroatoms. The molecule has 0 aromatic rings. The molecule has 106 valence electrons. The molecule has 0 aliphatic heterocycles. The van der Waals surface area contributed by atoms with Crippen molar-refractivity contribution in [2.24, 2.45) is 23.7 Å². The summed E-state index contributed by atoms with van der Waals surface area (Å²) < 4.78 is 0. The summed E-state index contributed by atoms with van der Waals surface area (Å²) in [5.74, 6) is 4.40. The predicted molar refractivity (Wildman–Crippen MR) is 80.7 cm³/mol. The lowest BCUT2D eigenvalue weighted by Crippen LogP contribution is -2.09. The summed E-state index contributed by atoms with van der Waals surface area (Å²) in [7, 11) is 0. The van der Waals surface area contributed by atoms with Crippen molar-refractivity contribution in [1.82, 2.24) is 0 Å². The molecule has 2 aliphatic carbocycles. The van der Waals surface area contributed by atoms with Crippen LogP contribution in [0.4, 0.5) is 0 Å². The van der Waals surface area contributed by atoms with Crippen LogP contribution in [0, 0.1) is 23.7 Å².